The molecule has 0 N–H and O–H groups in total. The minimum absolute atomic E-state index is 0.801. The topological polar surface area (TPSA) is 3.24 Å². The van der Waals surface area contributed by atoms with Crippen molar-refractivity contribution in [2.75, 3.05) is 0 Å². The van der Waals surface area contributed by atoms with Crippen LogP contribution in [0, 0.1) is 0 Å². The van der Waals surface area contributed by atoms with Crippen molar-refractivity contribution in [3.8, 4) is 0 Å². The second-order valence-electron chi connectivity index (χ2n) is 3.03. The lowest BCUT2D eigenvalue weighted by Crippen LogP contribution is -2.11. The summed E-state index contributed by atoms with van der Waals surface area (Å²) in [5, 5.41) is 0. The average Bonchev–Trinajstić information content (AvgIpc) is 2.04. The van der Waals surface area contributed by atoms with E-state index in [1.165, 1.54) is 16.7 Å². The first-order valence-electron chi connectivity index (χ1n) is 3.96. The van der Waals surface area contributed by atoms with Crippen molar-refractivity contribution in [2.24, 2.45) is 0 Å². The van der Waals surface area contributed by atoms with Gasteiger partial charge >= 0.3 is 0 Å². The highest BCUT2D eigenvalue weighted by Gasteiger charge is 2.11. The minimum Gasteiger partial charge on any atom is -0.288 e. The van der Waals surface area contributed by atoms with E-state index in [2.05, 4.69) is 25.1 Å². The summed E-state index contributed by atoms with van der Waals surface area (Å²) in [5.74, 6) is 0. The molecule has 0 bridgehead atoms. The van der Waals surface area contributed by atoms with Crippen LogP contribution in [0.2, 0.25) is 0 Å². The second-order valence-corrected chi connectivity index (χ2v) is 3.46. The summed E-state index contributed by atoms with van der Waals surface area (Å²) < 4.78 is 1.69. The average molecular weight is 180 g/mol. The van der Waals surface area contributed by atoms with Gasteiger partial charge in [0.2, 0.25) is 0 Å². The van der Waals surface area contributed by atoms with Gasteiger partial charge in [-0.2, -0.15) is 0 Å². The van der Waals surface area contributed by atoms with Crippen LogP contribution in [-0.2, 0) is 6.54 Å². The van der Waals surface area contributed by atoms with E-state index in [0.29, 0.717) is 0 Å². The Morgan fingerprint density at radius 1 is 1.33 bits per heavy atom. The standard InChI is InChI=1S/C10H10ClN/c1-8-6-12(11)7-9-4-2-3-5-10(8)9/h2-6H,7H2,1H3. The zero-order valence-electron chi connectivity index (χ0n) is 6.92. The van der Waals surface area contributed by atoms with Crippen LogP contribution < -0.4 is 0 Å². The Kier molecular flexibility index (Phi) is 1.81. The third kappa shape index (κ3) is 1.21. The summed E-state index contributed by atoms with van der Waals surface area (Å²) in [6.07, 6.45) is 1.96. The van der Waals surface area contributed by atoms with Gasteiger partial charge in [0.15, 0.2) is 0 Å². The van der Waals surface area contributed by atoms with Gasteiger partial charge in [0, 0.05) is 18.0 Å². The molecule has 0 radical (unpaired) electrons. The molecule has 0 spiro atoms. The molecule has 12 heavy (non-hydrogen) atoms. The van der Waals surface area contributed by atoms with Gasteiger partial charge in [-0.3, -0.25) is 4.42 Å². The van der Waals surface area contributed by atoms with E-state index in [-0.39, 0.29) is 0 Å². The van der Waals surface area contributed by atoms with E-state index in [4.69, 9.17) is 11.8 Å². The molecule has 1 aromatic carbocycles. The van der Waals surface area contributed by atoms with E-state index in [1.54, 1.807) is 4.42 Å². The summed E-state index contributed by atoms with van der Waals surface area (Å²) >= 11 is 5.90. The Morgan fingerprint density at radius 3 is 2.92 bits per heavy atom. The molecule has 0 atom stereocenters. The van der Waals surface area contributed by atoms with Crippen molar-refractivity contribution < 1.29 is 0 Å². The van der Waals surface area contributed by atoms with Crippen molar-refractivity contribution >= 4 is 17.3 Å². The van der Waals surface area contributed by atoms with Crippen LogP contribution in [0.4, 0.5) is 0 Å². The molecule has 0 amide bonds. The highest BCUT2D eigenvalue weighted by molar-refractivity contribution is 6.14. The van der Waals surface area contributed by atoms with Crippen LogP contribution in [0.15, 0.2) is 30.5 Å². The van der Waals surface area contributed by atoms with E-state index >= 15 is 0 Å². The monoisotopic (exact) mass is 179 g/mol. The van der Waals surface area contributed by atoms with Gasteiger partial charge in [-0.15, -0.1) is 0 Å². The minimum atomic E-state index is 0.801. The van der Waals surface area contributed by atoms with Crippen molar-refractivity contribution in [2.45, 2.75) is 13.5 Å². The summed E-state index contributed by atoms with van der Waals surface area (Å²) in [6, 6.07) is 8.34. The lowest BCUT2D eigenvalue weighted by Gasteiger charge is -2.21. The van der Waals surface area contributed by atoms with Gasteiger partial charge in [-0.25, -0.2) is 0 Å². The molecule has 0 fully saturated rings. The molecule has 2 rings (SSSR count). The molecule has 62 valence electrons. The largest absolute Gasteiger partial charge is 0.288 e. The highest BCUT2D eigenvalue weighted by Crippen LogP contribution is 2.26. The molecule has 1 heterocycles. The molecule has 1 nitrogen and oxygen atoms in total. The Bertz CT molecular complexity index is 330. The van der Waals surface area contributed by atoms with Crippen molar-refractivity contribution in [3.63, 3.8) is 0 Å². The fourth-order valence-corrected chi connectivity index (χ4v) is 1.81. The number of hydrogen-bond acceptors (Lipinski definition) is 1. The van der Waals surface area contributed by atoms with E-state index in [9.17, 15) is 0 Å². The summed E-state index contributed by atoms with van der Waals surface area (Å²) in [5.41, 5.74) is 3.84. The van der Waals surface area contributed by atoms with E-state index in [0.717, 1.165) is 6.54 Å². The third-order valence-corrected chi connectivity index (χ3v) is 2.31. The van der Waals surface area contributed by atoms with Gasteiger partial charge in [-0.05, 0) is 23.6 Å². The van der Waals surface area contributed by atoms with Gasteiger partial charge in [0.05, 0.1) is 6.54 Å². The number of fused-ring (bicyclic) bond motifs is 1. The van der Waals surface area contributed by atoms with Gasteiger partial charge in [-0.1, -0.05) is 24.3 Å². The van der Waals surface area contributed by atoms with Crippen molar-refractivity contribution in [1.29, 1.82) is 0 Å². The zero-order valence-corrected chi connectivity index (χ0v) is 7.67. The number of nitrogens with zero attached hydrogens (tertiary/aromatic N) is 1. The number of allylic oxidation sites excluding steroid dienone is 1. The molecule has 2 heteroatoms. The first-order valence-corrected chi connectivity index (χ1v) is 4.30. The van der Waals surface area contributed by atoms with Crippen LogP contribution in [0.3, 0.4) is 0 Å². The SMILES string of the molecule is CC1=CN(Cl)Cc2ccccc21. The third-order valence-electron chi connectivity index (χ3n) is 2.10. The Balaban J connectivity index is 2.53. The van der Waals surface area contributed by atoms with Crippen molar-refractivity contribution in [1.82, 2.24) is 4.42 Å². The number of benzene rings is 1. The molecule has 1 aliphatic heterocycles. The van der Waals surface area contributed by atoms with Gasteiger partial charge in [0.1, 0.15) is 0 Å². The normalized spacial score (nSPS) is 15.5. The lowest BCUT2D eigenvalue weighted by atomic mass is 9.99. The molecular weight excluding hydrogens is 170 g/mol. The molecule has 0 saturated carbocycles. The van der Waals surface area contributed by atoms with Crippen LogP contribution in [0.25, 0.3) is 5.57 Å². The van der Waals surface area contributed by atoms with Crippen LogP contribution in [0.5, 0.6) is 0 Å². The fraction of sp³-hybridized carbons (Fsp3) is 0.200. The number of hydrogen-bond donors (Lipinski definition) is 0. The molecule has 0 saturated heterocycles. The zero-order chi connectivity index (χ0) is 8.55. The van der Waals surface area contributed by atoms with Crippen LogP contribution in [-0.4, -0.2) is 4.42 Å². The maximum atomic E-state index is 5.90. The smallest absolute Gasteiger partial charge is 0.0598 e. The Morgan fingerprint density at radius 2 is 2.08 bits per heavy atom. The first kappa shape index (κ1) is 7.69. The maximum Gasteiger partial charge on any atom is 0.0598 e. The second kappa shape index (κ2) is 2.83. The predicted molar refractivity (Wildman–Crippen MR) is 51.5 cm³/mol. The van der Waals surface area contributed by atoms with Gasteiger partial charge < -0.3 is 0 Å². The summed E-state index contributed by atoms with van der Waals surface area (Å²) in [4.78, 5) is 0. The molecular formula is C10H10ClN. The highest BCUT2D eigenvalue weighted by atomic mass is 35.5. The quantitative estimate of drug-likeness (QED) is 0.554. The molecule has 0 aromatic heterocycles. The molecule has 0 unspecified atom stereocenters. The molecule has 1 aromatic rings. The fourth-order valence-electron chi connectivity index (χ4n) is 1.53. The van der Waals surface area contributed by atoms with E-state index < -0.39 is 0 Å². The van der Waals surface area contributed by atoms with Gasteiger partial charge in [0.25, 0.3) is 0 Å². The number of rotatable bonds is 0. The van der Waals surface area contributed by atoms with Crippen LogP contribution in [0.1, 0.15) is 18.1 Å². The number of halogens is 1. The Labute approximate surface area is 77.4 Å². The lowest BCUT2D eigenvalue weighted by molar-refractivity contribution is 0.591. The molecule has 0 aliphatic carbocycles. The molecule has 1 aliphatic rings. The maximum absolute atomic E-state index is 5.90. The van der Waals surface area contributed by atoms with Crippen LogP contribution >= 0.6 is 11.8 Å². The summed E-state index contributed by atoms with van der Waals surface area (Å²) in [6.45, 7) is 2.88. The van der Waals surface area contributed by atoms with Crippen molar-refractivity contribution in [3.05, 3.63) is 41.6 Å². The van der Waals surface area contributed by atoms with E-state index in [1.807, 2.05) is 12.3 Å². The predicted octanol–water partition coefficient (Wildman–Crippen LogP) is 3.02. The summed E-state index contributed by atoms with van der Waals surface area (Å²) in [7, 11) is 0. The Hall–Kier alpha value is -0.950. The first-order chi connectivity index (χ1) is 5.77.